The van der Waals surface area contributed by atoms with Crippen LogP contribution < -0.4 is 10.1 Å². The molecule has 1 saturated carbocycles. The maximum atomic E-state index is 5.97. The Bertz CT molecular complexity index is 375. The smallest absolute Gasteiger partial charge is 0.119 e. The van der Waals surface area contributed by atoms with Crippen LogP contribution in [-0.4, -0.2) is 19.2 Å². The van der Waals surface area contributed by atoms with Crippen molar-refractivity contribution in [3.05, 3.63) is 28.8 Å². The Morgan fingerprint density at radius 3 is 2.83 bits per heavy atom. The summed E-state index contributed by atoms with van der Waals surface area (Å²) in [5.74, 6) is 0.915. The van der Waals surface area contributed by atoms with E-state index in [9.17, 15) is 0 Å². The maximum absolute atomic E-state index is 5.97. The van der Waals surface area contributed by atoms with Gasteiger partial charge in [-0.15, -0.1) is 0 Å². The molecule has 1 aromatic rings. The monoisotopic (exact) mass is 267 g/mol. The summed E-state index contributed by atoms with van der Waals surface area (Å²) in [6, 6.07) is 6.57. The quantitative estimate of drug-likeness (QED) is 0.788. The van der Waals surface area contributed by atoms with Crippen molar-refractivity contribution < 1.29 is 4.74 Å². The Morgan fingerprint density at radius 2 is 2.11 bits per heavy atom. The molecule has 2 nitrogen and oxygen atoms in total. The van der Waals surface area contributed by atoms with Crippen LogP contribution in [0.25, 0.3) is 0 Å². The summed E-state index contributed by atoms with van der Waals surface area (Å²) in [7, 11) is 0. The molecule has 1 aliphatic carbocycles. The average Bonchev–Trinajstić information content (AvgIpc) is 2.86. The fourth-order valence-electron chi connectivity index (χ4n) is 2.41. The molecule has 1 aliphatic rings. The second kappa shape index (κ2) is 7.01. The van der Waals surface area contributed by atoms with E-state index >= 15 is 0 Å². The van der Waals surface area contributed by atoms with E-state index in [1.807, 2.05) is 25.1 Å². The van der Waals surface area contributed by atoms with Crippen molar-refractivity contribution in [1.82, 2.24) is 5.32 Å². The standard InChI is InChI=1S/C15H22ClNO/c1-12-11-14(7-8-15(12)16)18-10-4-9-17-13-5-2-3-6-13/h7-8,11,13,17H,2-6,9-10H2,1H3. The van der Waals surface area contributed by atoms with Crippen LogP contribution in [0.15, 0.2) is 18.2 Å². The fourth-order valence-corrected chi connectivity index (χ4v) is 2.52. The Morgan fingerprint density at radius 1 is 1.33 bits per heavy atom. The van der Waals surface area contributed by atoms with Gasteiger partial charge in [0.1, 0.15) is 5.75 Å². The van der Waals surface area contributed by atoms with E-state index in [2.05, 4.69) is 5.32 Å². The molecule has 0 radical (unpaired) electrons. The number of halogens is 1. The molecule has 0 unspecified atom stereocenters. The van der Waals surface area contributed by atoms with Gasteiger partial charge in [0.25, 0.3) is 0 Å². The minimum absolute atomic E-state index is 0.753. The van der Waals surface area contributed by atoms with E-state index in [-0.39, 0.29) is 0 Å². The summed E-state index contributed by atoms with van der Waals surface area (Å²) in [6.07, 6.45) is 6.52. The Balaban J connectivity index is 1.61. The van der Waals surface area contributed by atoms with Crippen molar-refractivity contribution in [2.24, 2.45) is 0 Å². The molecule has 18 heavy (non-hydrogen) atoms. The van der Waals surface area contributed by atoms with Crippen LogP contribution in [-0.2, 0) is 0 Å². The number of hydrogen-bond acceptors (Lipinski definition) is 2. The second-order valence-corrected chi connectivity index (χ2v) is 5.46. The first-order chi connectivity index (χ1) is 8.75. The van der Waals surface area contributed by atoms with Gasteiger partial charge in [0.2, 0.25) is 0 Å². The van der Waals surface area contributed by atoms with Crippen LogP contribution in [0.5, 0.6) is 5.75 Å². The summed E-state index contributed by atoms with van der Waals surface area (Å²) in [4.78, 5) is 0. The average molecular weight is 268 g/mol. The largest absolute Gasteiger partial charge is 0.494 e. The van der Waals surface area contributed by atoms with E-state index in [4.69, 9.17) is 16.3 Å². The van der Waals surface area contributed by atoms with Crippen molar-refractivity contribution in [3.8, 4) is 5.75 Å². The van der Waals surface area contributed by atoms with E-state index in [0.29, 0.717) is 0 Å². The highest BCUT2D eigenvalue weighted by molar-refractivity contribution is 6.31. The lowest BCUT2D eigenvalue weighted by molar-refractivity contribution is 0.304. The minimum Gasteiger partial charge on any atom is -0.494 e. The van der Waals surface area contributed by atoms with Crippen molar-refractivity contribution in [2.75, 3.05) is 13.2 Å². The van der Waals surface area contributed by atoms with Crippen LogP contribution in [0.4, 0.5) is 0 Å². The van der Waals surface area contributed by atoms with Gasteiger partial charge in [-0.1, -0.05) is 24.4 Å². The number of nitrogens with one attached hydrogen (secondary N) is 1. The Hall–Kier alpha value is -0.730. The molecule has 1 fully saturated rings. The first-order valence-electron chi connectivity index (χ1n) is 6.88. The molecule has 0 spiro atoms. The van der Waals surface area contributed by atoms with Gasteiger partial charge in [-0.25, -0.2) is 0 Å². The van der Waals surface area contributed by atoms with Crippen LogP contribution in [0, 0.1) is 6.92 Å². The third-order valence-electron chi connectivity index (χ3n) is 3.51. The number of ether oxygens (including phenoxy) is 1. The third-order valence-corrected chi connectivity index (χ3v) is 3.93. The predicted octanol–water partition coefficient (Wildman–Crippen LogP) is 3.95. The first kappa shape index (κ1) is 13.7. The summed E-state index contributed by atoms with van der Waals surface area (Å²) >= 11 is 5.97. The number of rotatable bonds is 6. The fraction of sp³-hybridized carbons (Fsp3) is 0.600. The summed E-state index contributed by atoms with van der Waals surface area (Å²) < 4.78 is 5.71. The molecule has 2 rings (SSSR count). The molecule has 1 N–H and O–H groups in total. The molecular weight excluding hydrogens is 246 g/mol. The van der Waals surface area contributed by atoms with Crippen LogP contribution in [0.2, 0.25) is 5.02 Å². The van der Waals surface area contributed by atoms with Crippen molar-refractivity contribution in [3.63, 3.8) is 0 Å². The van der Waals surface area contributed by atoms with E-state index in [1.165, 1.54) is 25.7 Å². The van der Waals surface area contributed by atoms with Crippen molar-refractivity contribution in [1.29, 1.82) is 0 Å². The van der Waals surface area contributed by atoms with Gasteiger partial charge in [0.15, 0.2) is 0 Å². The molecule has 0 amide bonds. The van der Waals surface area contributed by atoms with Gasteiger partial charge in [-0.3, -0.25) is 0 Å². The lowest BCUT2D eigenvalue weighted by Gasteiger charge is -2.12. The Labute approximate surface area is 115 Å². The molecule has 0 heterocycles. The first-order valence-corrected chi connectivity index (χ1v) is 7.26. The van der Waals surface area contributed by atoms with Gasteiger partial charge >= 0.3 is 0 Å². The molecule has 0 aliphatic heterocycles. The molecule has 0 atom stereocenters. The zero-order valence-electron chi connectivity index (χ0n) is 11.0. The Kier molecular flexibility index (Phi) is 5.33. The van der Waals surface area contributed by atoms with E-state index < -0.39 is 0 Å². The van der Waals surface area contributed by atoms with E-state index in [1.54, 1.807) is 0 Å². The van der Waals surface area contributed by atoms with Crippen LogP contribution >= 0.6 is 11.6 Å². The van der Waals surface area contributed by atoms with Crippen molar-refractivity contribution in [2.45, 2.75) is 45.1 Å². The van der Waals surface area contributed by atoms with Crippen molar-refractivity contribution >= 4 is 11.6 Å². The number of hydrogen-bond donors (Lipinski definition) is 1. The second-order valence-electron chi connectivity index (χ2n) is 5.05. The third kappa shape index (κ3) is 4.18. The lowest BCUT2D eigenvalue weighted by atomic mass is 10.2. The molecule has 3 heteroatoms. The highest BCUT2D eigenvalue weighted by atomic mass is 35.5. The topological polar surface area (TPSA) is 21.3 Å². The highest BCUT2D eigenvalue weighted by Crippen LogP contribution is 2.21. The maximum Gasteiger partial charge on any atom is 0.119 e. The van der Waals surface area contributed by atoms with Crippen LogP contribution in [0.3, 0.4) is 0 Å². The molecule has 0 aromatic heterocycles. The predicted molar refractivity (Wildman–Crippen MR) is 76.6 cm³/mol. The number of benzene rings is 1. The zero-order chi connectivity index (χ0) is 12.8. The van der Waals surface area contributed by atoms with Gasteiger partial charge in [0, 0.05) is 11.1 Å². The minimum atomic E-state index is 0.753. The lowest BCUT2D eigenvalue weighted by Crippen LogP contribution is -2.27. The van der Waals surface area contributed by atoms with Crippen LogP contribution in [0.1, 0.15) is 37.7 Å². The molecule has 100 valence electrons. The van der Waals surface area contributed by atoms with Gasteiger partial charge in [0.05, 0.1) is 6.61 Å². The molecule has 0 bridgehead atoms. The van der Waals surface area contributed by atoms with Gasteiger partial charge < -0.3 is 10.1 Å². The highest BCUT2D eigenvalue weighted by Gasteiger charge is 2.13. The van der Waals surface area contributed by atoms with E-state index in [0.717, 1.165) is 41.9 Å². The SMILES string of the molecule is Cc1cc(OCCCNC2CCCC2)ccc1Cl. The van der Waals surface area contributed by atoms with Gasteiger partial charge in [-0.2, -0.15) is 0 Å². The summed E-state index contributed by atoms with van der Waals surface area (Å²) in [5.41, 5.74) is 1.07. The van der Waals surface area contributed by atoms with Gasteiger partial charge in [-0.05, 0) is 56.5 Å². The molecule has 1 aromatic carbocycles. The normalized spacial score (nSPS) is 16.1. The number of aryl methyl sites for hydroxylation is 1. The molecular formula is C15H22ClNO. The molecule has 0 saturated heterocycles. The summed E-state index contributed by atoms with van der Waals surface area (Å²) in [5, 5.41) is 4.38. The zero-order valence-corrected chi connectivity index (χ0v) is 11.8. The summed E-state index contributed by atoms with van der Waals surface area (Å²) in [6.45, 7) is 3.81.